The summed E-state index contributed by atoms with van der Waals surface area (Å²) in [6.07, 6.45) is 1.07. The van der Waals surface area contributed by atoms with E-state index >= 15 is 0 Å². The summed E-state index contributed by atoms with van der Waals surface area (Å²) in [5.74, 6) is 0.284. The van der Waals surface area contributed by atoms with Gasteiger partial charge < -0.3 is 14.4 Å². The molecule has 0 radical (unpaired) electrons. The van der Waals surface area contributed by atoms with Gasteiger partial charge in [0.1, 0.15) is 0 Å². The first-order valence-electron chi connectivity index (χ1n) is 5.78. The minimum Gasteiger partial charge on any atom is -0.378 e. The lowest BCUT2D eigenvalue weighted by Gasteiger charge is -2.36. The molecule has 2 aliphatic rings. The molecule has 4 nitrogen and oxygen atoms in total. The number of hydrogen-bond acceptors (Lipinski definition) is 3. The second-order valence-electron chi connectivity index (χ2n) is 4.49. The van der Waals surface area contributed by atoms with Crippen molar-refractivity contribution >= 4 is 21.8 Å². The molecule has 2 rings (SSSR count). The Balaban J connectivity index is 1.96. The van der Waals surface area contributed by atoms with Crippen LogP contribution >= 0.6 is 15.9 Å². The fourth-order valence-electron chi connectivity index (χ4n) is 2.30. The van der Waals surface area contributed by atoms with E-state index in [-0.39, 0.29) is 24.0 Å². The van der Waals surface area contributed by atoms with E-state index in [1.54, 1.807) is 0 Å². The van der Waals surface area contributed by atoms with Crippen molar-refractivity contribution in [3.63, 3.8) is 0 Å². The molecule has 3 atom stereocenters. The van der Waals surface area contributed by atoms with Gasteiger partial charge in [-0.05, 0) is 13.3 Å². The molecule has 2 saturated heterocycles. The number of ether oxygens (including phenoxy) is 2. The molecule has 3 unspecified atom stereocenters. The van der Waals surface area contributed by atoms with E-state index in [2.05, 4.69) is 15.9 Å². The Morgan fingerprint density at radius 3 is 2.94 bits per heavy atom. The zero-order valence-corrected chi connectivity index (χ0v) is 11.1. The van der Waals surface area contributed by atoms with Crippen molar-refractivity contribution in [3.8, 4) is 0 Å². The highest BCUT2D eigenvalue weighted by Crippen LogP contribution is 2.23. The van der Waals surface area contributed by atoms with Crippen molar-refractivity contribution in [2.45, 2.75) is 25.5 Å². The van der Waals surface area contributed by atoms with Crippen molar-refractivity contribution in [1.82, 2.24) is 4.90 Å². The monoisotopic (exact) mass is 291 g/mol. The average Bonchev–Trinajstić information content (AvgIpc) is 2.75. The van der Waals surface area contributed by atoms with E-state index in [0.717, 1.165) is 11.8 Å². The highest BCUT2D eigenvalue weighted by molar-refractivity contribution is 9.09. The van der Waals surface area contributed by atoms with Crippen LogP contribution in [-0.2, 0) is 14.3 Å². The van der Waals surface area contributed by atoms with Crippen LogP contribution in [0.1, 0.15) is 13.3 Å². The van der Waals surface area contributed by atoms with Crippen molar-refractivity contribution in [2.75, 3.05) is 31.7 Å². The molecule has 1 amide bonds. The van der Waals surface area contributed by atoms with Gasteiger partial charge in [-0.2, -0.15) is 0 Å². The van der Waals surface area contributed by atoms with Crippen LogP contribution < -0.4 is 0 Å². The minimum atomic E-state index is 0.0506. The van der Waals surface area contributed by atoms with Gasteiger partial charge in [-0.3, -0.25) is 4.79 Å². The normalized spacial score (nSPS) is 35.4. The van der Waals surface area contributed by atoms with Crippen LogP contribution in [0.25, 0.3) is 0 Å². The fourth-order valence-corrected chi connectivity index (χ4v) is 2.83. The van der Waals surface area contributed by atoms with Gasteiger partial charge in [0, 0.05) is 11.9 Å². The molecule has 0 aromatic carbocycles. The summed E-state index contributed by atoms with van der Waals surface area (Å²) in [6.45, 7) is 4.60. The topological polar surface area (TPSA) is 38.8 Å². The number of morpholine rings is 1. The van der Waals surface area contributed by atoms with Crippen LogP contribution in [0.15, 0.2) is 0 Å². The Hall–Kier alpha value is -0.130. The molecule has 2 fully saturated rings. The number of carbonyl (C=O) groups is 1. The van der Waals surface area contributed by atoms with Gasteiger partial charge in [-0.1, -0.05) is 15.9 Å². The van der Waals surface area contributed by atoms with E-state index < -0.39 is 0 Å². The van der Waals surface area contributed by atoms with E-state index in [0.29, 0.717) is 26.4 Å². The Labute approximate surface area is 104 Å². The Kier molecular flexibility index (Phi) is 4.21. The zero-order valence-electron chi connectivity index (χ0n) is 9.52. The Morgan fingerprint density at radius 2 is 2.31 bits per heavy atom. The number of nitrogens with zero attached hydrogens (tertiary/aromatic N) is 1. The van der Waals surface area contributed by atoms with Crippen LogP contribution in [0.2, 0.25) is 0 Å². The number of carbonyl (C=O) groups excluding carboxylic acids is 1. The molecule has 0 spiro atoms. The molecular formula is C11H18BrNO3. The largest absolute Gasteiger partial charge is 0.378 e. The molecule has 0 aromatic heterocycles. The summed E-state index contributed by atoms with van der Waals surface area (Å²) in [7, 11) is 0. The summed E-state index contributed by atoms with van der Waals surface area (Å²) >= 11 is 3.43. The number of rotatable bonds is 2. The van der Waals surface area contributed by atoms with Crippen molar-refractivity contribution in [2.24, 2.45) is 5.92 Å². The molecule has 0 saturated carbocycles. The predicted octanol–water partition coefficient (Wildman–Crippen LogP) is 1.03. The minimum absolute atomic E-state index is 0.0506. The predicted molar refractivity (Wildman–Crippen MR) is 63.6 cm³/mol. The maximum Gasteiger partial charge on any atom is 0.228 e. The summed E-state index contributed by atoms with van der Waals surface area (Å²) in [4.78, 5) is 14.2. The Bertz CT molecular complexity index is 262. The standard InChI is InChI=1S/C11H18BrNO3/c1-8-4-9(6-16-8)11(14)13-2-3-15-7-10(13)5-12/h8-10H,2-7H2,1H3. The molecule has 2 aliphatic heterocycles. The maximum absolute atomic E-state index is 12.3. The lowest BCUT2D eigenvalue weighted by atomic mass is 10.0. The smallest absolute Gasteiger partial charge is 0.228 e. The molecule has 0 aliphatic carbocycles. The number of amides is 1. The van der Waals surface area contributed by atoms with E-state index in [9.17, 15) is 4.79 Å². The summed E-state index contributed by atoms with van der Waals surface area (Å²) in [5, 5.41) is 0.780. The van der Waals surface area contributed by atoms with Gasteiger partial charge in [0.15, 0.2) is 0 Å². The van der Waals surface area contributed by atoms with Crippen LogP contribution in [0.5, 0.6) is 0 Å². The molecule has 2 heterocycles. The second-order valence-corrected chi connectivity index (χ2v) is 5.14. The highest BCUT2D eigenvalue weighted by Gasteiger charge is 2.35. The fraction of sp³-hybridized carbons (Fsp3) is 0.909. The van der Waals surface area contributed by atoms with Crippen LogP contribution in [-0.4, -0.2) is 54.6 Å². The molecular weight excluding hydrogens is 274 g/mol. The van der Waals surface area contributed by atoms with Gasteiger partial charge >= 0.3 is 0 Å². The third-order valence-corrected chi connectivity index (χ3v) is 3.98. The average molecular weight is 292 g/mol. The SMILES string of the molecule is CC1CC(C(=O)N2CCOCC2CBr)CO1. The highest BCUT2D eigenvalue weighted by atomic mass is 79.9. The molecule has 0 aromatic rings. The van der Waals surface area contributed by atoms with Crippen molar-refractivity contribution in [3.05, 3.63) is 0 Å². The second kappa shape index (κ2) is 5.47. The van der Waals surface area contributed by atoms with Crippen molar-refractivity contribution in [1.29, 1.82) is 0 Å². The Morgan fingerprint density at radius 1 is 1.50 bits per heavy atom. The molecule has 0 bridgehead atoms. The van der Waals surface area contributed by atoms with Gasteiger partial charge in [-0.25, -0.2) is 0 Å². The third-order valence-electron chi connectivity index (χ3n) is 3.24. The quantitative estimate of drug-likeness (QED) is 0.714. The third kappa shape index (κ3) is 2.57. The van der Waals surface area contributed by atoms with Crippen LogP contribution in [0, 0.1) is 5.92 Å². The summed E-state index contributed by atoms with van der Waals surface area (Å²) in [5.41, 5.74) is 0. The first kappa shape index (κ1) is 12.3. The van der Waals surface area contributed by atoms with Gasteiger partial charge in [0.05, 0.1) is 37.9 Å². The van der Waals surface area contributed by atoms with E-state index in [1.165, 1.54) is 0 Å². The molecule has 0 N–H and O–H groups in total. The number of alkyl halides is 1. The number of halogens is 1. The van der Waals surface area contributed by atoms with Crippen molar-refractivity contribution < 1.29 is 14.3 Å². The van der Waals surface area contributed by atoms with E-state index in [1.807, 2.05) is 11.8 Å². The first-order valence-corrected chi connectivity index (χ1v) is 6.90. The first-order chi connectivity index (χ1) is 7.72. The van der Waals surface area contributed by atoms with Crippen LogP contribution in [0.3, 0.4) is 0 Å². The molecule has 16 heavy (non-hydrogen) atoms. The zero-order chi connectivity index (χ0) is 11.5. The summed E-state index contributed by atoms with van der Waals surface area (Å²) < 4.78 is 10.8. The number of hydrogen-bond donors (Lipinski definition) is 0. The molecule has 92 valence electrons. The van der Waals surface area contributed by atoms with Crippen LogP contribution in [0.4, 0.5) is 0 Å². The van der Waals surface area contributed by atoms with Gasteiger partial charge in [0.25, 0.3) is 0 Å². The summed E-state index contributed by atoms with van der Waals surface area (Å²) in [6, 6.07) is 0.178. The molecule has 5 heteroatoms. The lowest BCUT2D eigenvalue weighted by molar-refractivity contribution is -0.143. The van der Waals surface area contributed by atoms with Gasteiger partial charge in [0.2, 0.25) is 5.91 Å². The lowest BCUT2D eigenvalue weighted by Crippen LogP contribution is -2.51. The van der Waals surface area contributed by atoms with Gasteiger partial charge in [-0.15, -0.1) is 0 Å². The maximum atomic E-state index is 12.3. The van der Waals surface area contributed by atoms with E-state index in [4.69, 9.17) is 9.47 Å².